The molecule has 1 heterocycles. The molecule has 0 amide bonds. The normalized spacial score (nSPS) is 10.3. The number of halogens is 1. The summed E-state index contributed by atoms with van der Waals surface area (Å²) in [6.45, 7) is 0. The molecule has 4 nitrogen and oxygen atoms in total. The van der Waals surface area contributed by atoms with Gasteiger partial charge in [-0.15, -0.1) is 0 Å². The highest BCUT2D eigenvalue weighted by Gasteiger charge is 2.08. The van der Waals surface area contributed by atoms with E-state index in [-0.39, 0.29) is 11.8 Å². The number of para-hydroxylation sites is 1. The van der Waals surface area contributed by atoms with E-state index in [4.69, 9.17) is 10.5 Å². The van der Waals surface area contributed by atoms with Gasteiger partial charge < -0.3 is 15.0 Å². The Bertz CT molecular complexity index is 481. The van der Waals surface area contributed by atoms with Crippen molar-refractivity contribution in [3.8, 4) is 11.8 Å². The number of nitrogens with zero attached hydrogens (tertiary/aromatic N) is 2. The molecule has 78 valence electrons. The molecule has 0 bridgehead atoms. The highest BCUT2D eigenvalue weighted by atomic mass is 19.1. The molecule has 2 rings (SSSR count). The van der Waals surface area contributed by atoms with Crippen molar-refractivity contribution in [2.24, 2.45) is 7.05 Å². The number of aromatic nitrogens is 2. The maximum absolute atomic E-state index is 13.2. The second-order valence-corrected chi connectivity index (χ2v) is 3.09. The van der Waals surface area contributed by atoms with Crippen molar-refractivity contribution < 1.29 is 9.13 Å². The van der Waals surface area contributed by atoms with Crippen molar-refractivity contribution in [3.05, 3.63) is 36.3 Å². The zero-order chi connectivity index (χ0) is 10.8. The first kappa shape index (κ1) is 9.51. The summed E-state index contributed by atoms with van der Waals surface area (Å²) >= 11 is 0. The highest BCUT2D eigenvalue weighted by molar-refractivity contribution is 5.32. The second kappa shape index (κ2) is 3.61. The third-order valence-corrected chi connectivity index (χ3v) is 1.89. The lowest BCUT2D eigenvalue weighted by Gasteiger charge is -2.04. The quantitative estimate of drug-likeness (QED) is 0.818. The van der Waals surface area contributed by atoms with Crippen molar-refractivity contribution in [3.63, 3.8) is 0 Å². The zero-order valence-electron chi connectivity index (χ0n) is 8.14. The van der Waals surface area contributed by atoms with Crippen LogP contribution in [-0.2, 0) is 7.05 Å². The van der Waals surface area contributed by atoms with Gasteiger partial charge in [-0.3, -0.25) is 0 Å². The predicted octanol–water partition coefficient (Wildman–Crippen LogP) is 1.93. The van der Waals surface area contributed by atoms with Crippen LogP contribution in [0.2, 0.25) is 0 Å². The minimum Gasteiger partial charge on any atom is -0.422 e. The van der Waals surface area contributed by atoms with Crippen LogP contribution in [0.15, 0.2) is 30.5 Å². The van der Waals surface area contributed by atoms with Gasteiger partial charge in [-0.1, -0.05) is 12.1 Å². The molecule has 2 N–H and O–H groups in total. The van der Waals surface area contributed by atoms with Crippen LogP contribution in [0.4, 0.5) is 10.2 Å². The minimum atomic E-state index is -0.431. The summed E-state index contributed by atoms with van der Waals surface area (Å²) in [5.74, 6) is 0.0362. The van der Waals surface area contributed by atoms with Crippen LogP contribution in [0.3, 0.4) is 0 Å². The molecule has 0 radical (unpaired) electrons. The summed E-state index contributed by atoms with van der Waals surface area (Å²) in [7, 11) is 1.72. The van der Waals surface area contributed by atoms with Crippen LogP contribution >= 0.6 is 0 Å². The molecule has 0 aliphatic carbocycles. The number of anilines is 1. The molecule has 5 heteroatoms. The zero-order valence-corrected chi connectivity index (χ0v) is 8.14. The molecule has 0 atom stereocenters. The number of hydrogen-bond acceptors (Lipinski definition) is 3. The van der Waals surface area contributed by atoms with Crippen molar-refractivity contribution in [2.75, 3.05) is 5.73 Å². The van der Waals surface area contributed by atoms with E-state index in [9.17, 15) is 4.39 Å². The Balaban J connectivity index is 2.29. The molecule has 2 aromatic rings. The van der Waals surface area contributed by atoms with E-state index >= 15 is 0 Å². The van der Waals surface area contributed by atoms with Gasteiger partial charge in [0, 0.05) is 7.05 Å². The van der Waals surface area contributed by atoms with Crippen molar-refractivity contribution in [2.45, 2.75) is 0 Å². The average Bonchev–Trinajstić information content (AvgIpc) is 2.49. The van der Waals surface area contributed by atoms with Gasteiger partial charge in [0.15, 0.2) is 11.6 Å². The van der Waals surface area contributed by atoms with Gasteiger partial charge in [0.2, 0.25) is 0 Å². The standard InChI is InChI=1S/C10H10FN3O/c1-14-6-9(12)13-10(14)15-8-5-3-2-4-7(8)11/h2-6H,12H2,1H3. The van der Waals surface area contributed by atoms with Crippen LogP contribution < -0.4 is 10.5 Å². The maximum atomic E-state index is 13.2. The molecule has 0 fully saturated rings. The van der Waals surface area contributed by atoms with Crippen LogP contribution in [0.5, 0.6) is 11.8 Å². The summed E-state index contributed by atoms with van der Waals surface area (Å²) in [6.07, 6.45) is 1.59. The third kappa shape index (κ3) is 1.90. The smallest absolute Gasteiger partial charge is 0.303 e. The van der Waals surface area contributed by atoms with E-state index < -0.39 is 5.82 Å². The van der Waals surface area contributed by atoms with Crippen LogP contribution in [-0.4, -0.2) is 9.55 Å². The van der Waals surface area contributed by atoms with E-state index in [0.717, 1.165) is 0 Å². The number of ether oxygens (including phenoxy) is 1. The monoisotopic (exact) mass is 207 g/mol. The van der Waals surface area contributed by atoms with Gasteiger partial charge in [-0.25, -0.2) is 4.39 Å². The van der Waals surface area contributed by atoms with Gasteiger partial charge >= 0.3 is 6.01 Å². The molecule has 0 spiro atoms. The molecule has 15 heavy (non-hydrogen) atoms. The lowest BCUT2D eigenvalue weighted by atomic mass is 10.3. The summed E-state index contributed by atoms with van der Waals surface area (Å²) in [5, 5.41) is 0. The number of rotatable bonds is 2. The molecular formula is C10H10FN3O. The molecule has 0 aliphatic rings. The van der Waals surface area contributed by atoms with E-state index in [2.05, 4.69) is 4.98 Å². The number of nitrogen functional groups attached to an aromatic ring is 1. The van der Waals surface area contributed by atoms with Crippen molar-refractivity contribution in [1.29, 1.82) is 0 Å². The second-order valence-electron chi connectivity index (χ2n) is 3.09. The Hall–Kier alpha value is -2.04. The fourth-order valence-electron chi connectivity index (χ4n) is 1.19. The maximum Gasteiger partial charge on any atom is 0.303 e. The molecule has 0 unspecified atom stereocenters. The number of benzene rings is 1. The van der Waals surface area contributed by atoms with Gasteiger partial charge in [-0.05, 0) is 12.1 Å². The minimum absolute atomic E-state index is 0.131. The van der Waals surface area contributed by atoms with E-state index in [0.29, 0.717) is 5.82 Å². The Labute approximate surface area is 86.1 Å². The van der Waals surface area contributed by atoms with Gasteiger partial charge in [0.1, 0.15) is 5.82 Å². The third-order valence-electron chi connectivity index (χ3n) is 1.89. The van der Waals surface area contributed by atoms with Gasteiger partial charge in [0.25, 0.3) is 0 Å². The molecule has 0 saturated carbocycles. The topological polar surface area (TPSA) is 53.1 Å². The number of imidazole rings is 1. The van der Waals surface area contributed by atoms with E-state index in [1.807, 2.05) is 0 Å². The number of aryl methyl sites for hydroxylation is 1. The Morgan fingerprint density at radius 1 is 1.40 bits per heavy atom. The largest absolute Gasteiger partial charge is 0.422 e. The van der Waals surface area contributed by atoms with Crippen LogP contribution in [0, 0.1) is 5.82 Å². The highest BCUT2D eigenvalue weighted by Crippen LogP contribution is 2.23. The summed E-state index contributed by atoms with van der Waals surface area (Å²) < 4.78 is 20.1. The van der Waals surface area contributed by atoms with Crippen LogP contribution in [0.1, 0.15) is 0 Å². The first-order valence-electron chi connectivity index (χ1n) is 4.38. The molecule has 1 aromatic carbocycles. The molecule has 0 saturated heterocycles. The molecule has 0 aliphatic heterocycles. The first-order valence-corrected chi connectivity index (χ1v) is 4.38. The Kier molecular flexibility index (Phi) is 2.29. The fraction of sp³-hybridized carbons (Fsp3) is 0.100. The number of nitrogens with two attached hydrogens (primary N) is 1. The average molecular weight is 207 g/mol. The fourth-order valence-corrected chi connectivity index (χ4v) is 1.19. The van der Waals surface area contributed by atoms with Gasteiger partial charge in [0.05, 0.1) is 6.20 Å². The SMILES string of the molecule is Cn1cc(N)nc1Oc1ccccc1F. The summed E-state index contributed by atoms with van der Waals surface area (Å²) in [5.41, 5.74) is 5.47. The summed E-state index contributed by atoms with van der Waals surface area (Å²) in [4.78, 5) is 3.90. The van der Waals surface area contributed by atoms with Crippen LogP contribution in [0.25, 0.3) is 0 Å². The lowest BCUT2D eigenvalue weighted by molar-refractivity contribution is 0.398. The van der Waals surface area contributed by atoms with E-state index in [1.54, 1.807) is 29.9 Å². The summed E-state index contributed by atoms with van der Waals surface area (Å²) in [6, 6.07) is 6.39. The lowest BCUT2D eigenvalue weighted by Crippen LogP contribution is -1.95. The number of hydrogen-bond donors (Lipinski definition) is 1. The Morgan fingerprint density at radius 2 is 2.13 bits per heavy atom. The molecule has 1 aromatic heterocycles. The first-order chi connectivity index (χ1) is 7.16. The van der Waals surface area contributed by atoms with Crippen molar-refractivity contribution >= 4 is 5.82 Å². The van der Waals surface area contributed by atoms with Crippen molar-refractivity contribution in [1.82, 2.24) is 9.55 Å². The van der Waals surface area contributed by atoms with Gasteiger partial charge in [-0.2, -0.15) is 4.98 Å². The molecular weight excluding hydrogens is 197 g/mol. The predicted molar refractivity (Wildman–Crippen MR) is 54.1 cm³/mol. The van der Waals surface area contributed by atoms with E-state index in [1.165, 1.54) is 12.1 Å². The Morgan fingerprint density at radius 3 is 2.73 bits per heavy atom.